The number of anilines is 1. The molecule has 2 amide bonds. The number of carbonyl (C=O) groups is 2. The van der Waals surface area contributed by atoms with E-state index in [-0.39, 0.29) is 24.1 Å². The largest absolute Gasteiger partial charge is 0.336 e. The van der Waals surface area contributed by atoms with Crippen molar-refractivity contribution in [3.8, 4) is 0 Å². The van der Waals surface area contributed by atoms with E-state index in [9.17, 15) is 9.59 Å². The third kappa shape index (κ3) is 4.64. The summed E-state index contributed by atoms with van der Waals surface area (Å²) in [6.07, 6.45) is 0. The van der Waals surface area contributed by atoms with E-state index in [0.29, 0.717) is 10.8 Å². The summed E-state index contributed by atoms with van der Waals surface area (Å²) >= 11 is 4.70. The van der Waals surface area contributed by atoms with E-state index < -0.39 is 0 Å². The number of H-pyrrole nitrogens is 1. The number of hydrogen-bond donors (Lipinski definition) is 2. The summed E-state index contributed by atoms with van der Waals surface area (Å²) in [5.41, 5.74) is 2.47. The molecule has 134 valence electrons. The molecule has 6 nitrogen and oxygen atoms in total. The van der Waals surface area contributed by atoms with Gasteiger partial charge in [0.15, 0.2) is 5.16 Å². The molecule has 0 aliphatic rings. The monoisotopic (exact) mass is 432 g/mol. The Morgan fingerprint density at radius 1 is 1.19 bits per heavy atom. The van der Waals surface area contributed by atoms with Gasteiger partial charge >= 0.3 is 0 Å². The quantitative estimate of drug-likeness (QED) is 0.584. The van der Waals surface area contributed by atoms with Gasteiger partial charge in [0, 0.05) is 11.5 Å². The highest BCUT2D eigenvalue weighted by Crippen LogP contribution is 2.21. The van der Waals surface area contributed by atoms with Gasteiger partial charge in [0.05, 0.1) is 29.0 Å². The lowest BCUT2D eigenvalue weighted by Crippen LogP contribution is -2.36. The Morgan fingerprint density at radius 2 is 1.92 bits per heavy atom. The van der Waals surface area contributed by atoms with Crippen LogP contribution >= 0.6 is 27.7 Å². The molecule has 3 rings (SSSR count). The zero-order valence-corrected chi connectivity index (χ0v) is 16.4. The second-order valence-electron chi connectivity index (χ2n) is 5.63. The molecule has 1 heterocycles. The standard InChI is InChI=1S/C18H17BrN4O2S/c1-23(10-16(24)20-13-7-3-2-6-12(13)19)17(25)11-26-18-21-14-8-4-5-9-15(14)22-18/h2-9H,10-11H2,1H3,(H,20,24)(H,21,22). The number of halogens is 1. The van der Waals surface area contributed by atoms with Crippen molar-refractivity contribution in [3.05, 3.63) is 53.0 Å². The van der Waals surface area contributed by atoms with Gasteiger partial charge in [-0.2, -0.15) is 0 Å². The molecule has 3 aromatic rings. The first kappa shape index (κ1) is 18.5. The minimum atomic E-state index is -0.249. The summed E-state index contributed by atoms with van der Waals surface area (Å²) in [5.74, 6) is -0.183. The number of aromatic nitrogens is 2. The predicted octanol–water partition coefficient (Wildman–Crippen LogP) is 3.51. The molecule has 26 heavy (non-hydrogen) atoms. The molecular formula is C18H17BrN4O2S. The highest BCUT2D eigenvalue weighted by molar-refractivity contribution is 9.10. The first-order valence-corrected chi connectivity index (χ1v) is 9.66. The Labute approximate surface area is 163 Å². The molecule has 0 aliphatic carbocycles. The molecule has 0 bridgehead atoms. The number of nitrogens with one attached hydrogen (secondary N) is 2. The van der Waals surface area contributed by atoms with Gasteiger partial charge < -0.3 is 15.2 Å². The fourth-order valence-electron chi connectivity index (χ4n) is 2.29. The first-order chi connectivity index (χ1) is 12.5. The summed E-state index contributed by atoms with van der Waals surface area (Å²) in [6.45, 7) is -0.0130. The third-order valence-electron chi connectivity index (χ3n) is 3.65. The van der Waals surface area contributed by atoms with E-state index >= 15 is 0 Å². The number of imidazole rings is 1. The maximum atomic E-state index is 12.3. The van der Waals surface area contributed by atoms with E-state index in [1.165, 1.54) is 16.7 Å². The molecule has 0 radical (unpaired) electrons. The summed E-state index contributed by atoms with van der Waals surface area (Å²) in [4.78, 5) is 33.4. The average Bonchev–Trinajstić information content (AvgIpc) is 3.04. The summed E-state index contributed by atoms with van der Waals surface area (Å²) < 4.78 is 0.794. The Hall–Kier alpha value is -2.32. The van der Waals surface area contributed by atoms with Crippen LogP contribution in [0.5, 0.6) is 0 Å². The van der Waals surface area contributed by atoms with Crippen LogP contribution in [0.15, 0.2) is 58.2 Å². The van der Waals surface area contributed by atoms with Crippen LogP contribution in [-0.2, 0) is 9.59 Å². The van der Waals surface area contributed by atoms with Crippen molar-refractivity contribution >= 4 is 56.2 Å². The number of carbonyl (C=O) groups excluding carboxylic acids is 2. The van der Waals surface area contributed by atoms with Gasteiger partial charge in [0.1, 0.15) is 0 Å². The third-order valence-corrected chi connectivity index (χ3v) is 5.20. The van der Waals surface area contributed by atoms with E-state index in [4.69, 9.17) is 0 Å². The van der Waals surface area contributed by atoms with Crippen molar-refractivity contribution < 1.29 is 9.59 Å². The number of fused-ring (bicyclic) bond motifs is 1. The number of likely N-dealkylation sites (N-methyl/N-ethyl adjacent to an activating group) is 1. The van der Waals surface area contributed by atoms with E-state index in [2.05, 4.69) is 31.2 Å². The number of para-hydroxylation sites is 3. The molecule has 0 saturated carbocycles. The van der Waals surface area contributed by atoms with E-state index in [1.54, 1.807) is 13.1 Å². The molecule has 2 aromatic carbocycles. The fraction of sp³-hybridized carbons (Fsp3) is 0.167. The lowest BCUT2D eigenvalue weighted by molar-refractivity contribution is -0.131. The summed E-state index contributed by atoms with van der Waals surface area (Å²) in [5, 5.41) is 3.47. The lowest BCUT2D eigenvalue weighted by atomic mass is 10.3. The van der Waals surface area contributed by atoms with Crippen molar-refractivity contribution in [3.63, 3.8) is 0 Å². The van der Waals surface area contributed by atoms with Crippen molar-refractivity contribution in [2.45, 2.75) is 5.16 Å². The molecular weight excluding hydrogens is 416 g/mol. The fourth-order valence-corrected chi connectivity index (χ4v) is 3.50. The van der Waals surface area contributed by atoms with Gasteiger partial charge in [0.2, 0.25) is 11.8 Å². The first-order valence-electron chi connectivity index (χ1n) is 7.89. The lowest BCUT2D eigenvalue weighted by Gasteiger charge is -2.16. The Bertz CT molecular complexity index is 911. The van der Waals surface area contributed by atoms with Crippen LogP contribution in [0, 0.1) is 0 Å². The van der Waals surface area contributed by atoms with Gasteiger partial charge in [-0.15, -0.1) is 0 Å². The molecule has 0 spiro atoms. The van der Waals surface area contributed by atoms with E-state index in [1.807, 2.05) is 42.5 Å². The van der Waals surface area contributed by atoms with Crippen molar-refractivity contribution in [2.24, 2.45) is 0 Å². The van der Waals surface area contributed by atoms with Crippen LogP contribution in [0.25, 0.3) is 11.0 Å². The highest BCUT2D eigenvalue weighted by atomic mass is 79.9. The Morgan fingerprint density at radius 3 is 2.69 bits per heavy atom. The minimum Gasteiger partial charge on any atom is -0.336 e. The predicted molar refractivity (Wildman–Crippen MR) is 107 cm³/mol. The smallest absolute Gasteiger partial charge is 0.244 e. The number of amides is 2. The van der Waals surface area contributed by atoms with Crippen LogP contribution in [-0.4, -0.2) is 46.0 Å². The minimum absolute atomic E-state index is 0.0130. The Kier molecular flexibility index (Phi) is 5.95. The van der Waals surface area contributed by atoms with Crippen LogP contribution < -0.4 is 5.32 Å². The molecule has 1 aromatic heterocycles. The van der Waals surface area contributed by atoms with Gasteiger partial charge in [0.25, 0.3) is 0 Å². The van der Waals surface area contributed by atoms with Crippen LogP contribution in [0.3, 0.4) is 0 Å². The normalized spacial score (nSPS) is 10.7. The number of nitrogens with zero attached hydrogens (tertiary/aromatic N) is 2. The van der Waals surface area contributed by atoms with Crippen LogP contribution in [0.2, 0.25) is 0 Å². The maximum absolute atomic E-state index is 12.3. The average molecular weight is 433 g/mol. The molecule has 0 fully saturated rings. The summed E-state index contributed by atoms with van der Waals surface area (Å²) in [6, 6.07) is 15.0. The van der Waals surface area contributed by atoms with Crippen molar-refractivity contribution in [1.29, 1.82) is 0 Å². The molecule has 8 heteroatoms. The topological polar surface area (TPSA) is 78.1 Å². The molecule has 0 saturated heterocycles. The molecule has 0 atom stereocenters. The van der Waals surface area contributed by atoms with Gasteiger partial charge in [-0.3, -0.25) is 9.59 Å². The number of benzene rings is 2. The second kappa shape index (κ2) is 8.37. The van der Waals surface area contributed by atoms with Crippen LogP contribution in [0.1, 0.15) is 0 Å². The van der Waals surface area contributed by atoms with Crippen molar-refractivity contribution in [2.75, 3.05) is 24.7 Å². The van der Waals surface area contributed by atoms with Gasteiger partial charge in [-0.1, -0.05) is 36.0 Å². The molecule has 2 N–H and O–H groups in total. The molecule has 0 aliphatic heterocycles. The number of thioether (sulfide) groups is 1. The van der Waals surface area contributed by atoms with E-state index in [0.717, 1.165) is 15.5 Å². The molecule has 0 unspecified atom stereocenters. The van der Waals surface area contributed by atoms with Gasteiger partial charge in [-0.05, 0) is 40.2 Å². The highest BCUT2D eigenvalue weighted by Gasteiger charge is 2.15. The Balaban J connectivity index is 1.51. The van der Waals surface area contributed by atoms with Crippen molar-refractivity contribution in [1.82, 2.24) is 14.9 Å². The zero-order chi connectivity index (χ0) is 18.5. The number of rotatable bonds is 6. The SMILES string of the molecule is CN(CC(=O)Nc1ccccc1Br)C(=O)CSc1nc2ccccc2[nH]1. The maximum Gasteiger partial charge on any atom is 0.244 e. The second-order valence-corrected chi connectivity index (χ2v) is 7.44. The van der Waals surface area contributed by atoms with Crippen LogP contribution in [0.4, 0.5) is 5.69 Å². The number of aromatic amines is 1. The van der Waals surface area contributed by atoms with Gasteiger partial charge in [-0.25, -0.2) is 4.98 Å². The zero-order valence-electron chi connectivity index (χ0n) is 14.0. The number of hydrogen-bond acceptors (Lipinski definition) is 4. The summed E-state index contributed by atoms with van der Waals surface area (Å²) in [7, 11) is 1.61.